The van der Waals surface area contributed by atoms with Gasteiger partial charge in [0.2, 0.25) is 0 Å². The Bertz CT molecular complexity index is 359. The Kier molecular flexibility index (Phi) is 3.44. The van der Waals surface area contributed by atoms with Crippen molar-refractivity contribution in [3.05, 3.63) is 29.6 Å². The number of hydrogen-bond acceptors (Lipinski definition) is 2. The van der Waals surface area contributed by atoms with Crippen LogP contribution in [0.25, 0.3) is 0 Å². The average molecular weight is 224 g/mol. The van der Waals surface area contributed by atoms with Gasteiger partial charge in [-0.15, -0.1) is 0 Å². The second kappa shape index (κ2) is 4.83. The summed E-state index contributed by atoms with van der Waals surface area (Å²) in [6.45, 7) is 2.26. The van der Waals surface area contributed by atoms with E-state index in [4.69, 9.17) is 4.74 Å². The van der Waals surface area contributed by atoms with Gasteiger partial charge in [0.05, 0.1) is 12.7 Å². The summed E-state index contributed by atoms with van der Waals surface area (Å²) in [5.74, 6) is 1.07. The quantitative estimate of drug-likeness (QED) is 0.833. The van der Waals surface area contributed by atoms with Gasteiger partial charge in [-0.2, -0.15) is 0 Å². The second-order valence-corrected chi connectivity index (χ2v) is 4.44. The number of ether oxygens (including phenoxy) is 1. The van der Waals surface area contributed by atoms with E-state index in [9.17, 15) is 9.50 Å². The topological polar surface area (TPSA) is 29.5 Å². The number of hydrogen-bond donors (Lipinski definition) is 1. The molecule has 88 valence electrons. The van der Waals surface area contributed by atoms with E-state index in [1.807, 2.05) is 0 Å². The van der Waals surface area contributed by atoms with Crippen LogP contribution in [0.3, 0.4) is 0 Å². The molecule has 0 unspecified atom stereocenters. The lowest BCUT2D eigenvalue weighted by Crippen LogP contribution is -2.03. The van der Waals surface area contributed by atoms with Crippen LogP contribution in [-0.2, 0) is 0 Å². The molecule has 0 aliphatic heterocycles. The fraction of sp³-hybridized carbons (Fsp3) is 0.538. The number of benzene rings is 1. The Hall–Kier alpha value is -1.09. The van der Waals surface area contributed by atoms with E-state index in [-0.39, 0.29) is 5.82 Å². The highest BCUT2D eigenvalue weighted by Gasteiger charge is 2.21. The van der Waals surface area contributed by atoms with Crippen molar-refractivity contribution >= 4 is 0 Å². The summed E-state index contributed by atoms with van der Waals surface area (Å²) >= 11 is 0. The molecule has 1 saturated carbocycles. The van der Waals surface area contributed by atoms with Crippen molar-refractivity contribution in [2.24, 2.45) is 5.92 Å². The SMILES string of the molecule is C[C@H](O)c1cc(F)ccc1OCCC1CC1. The van der Waals surface area contributed by atoms with Crippen LogP contribution >= 0.6 is 0 Å². The summed E-state index contributed by atoms with van der Waals surface area (Å²) in [5, 5.41) is 9.50. The van der Waals surface area contributed by atoms with Crippen molar-refractivity contribution in [3.8, 4) is 5.75 Å². The van der Waals surface area contributed by atoms with E-state index in [0.717, 1.165) is 12.3 Å². The first-order valence-electron chi connectivity index (χ1n) is 5.77. The summed E-state index contributed by atoms with van der Waals surface area (Å²) in [5.41, 5.74) is 0.524. The maximum atomic E-state index is 13.0. The molecule has 0 saturated heterocycles. The van der Waals surface area contributed by atoms with Gasteiger partial charge in [0.15, 0.2) is 0 Å². The summed E-state index contributed by atoms with van der Waals surface area (Å²) in [6, 6.07) is 4.28. The zero-order valence-corrected chi connectivity index (χ0v) is 9.45. The highest BCUT2D eigenvalue weighted by atomic mass is 19.1. The third kappa shape index (κ3) is 2.95. The minimum Gasteiger partial charge on any atom is -0.493 e. The number of aliphatic hydroxyl groups excluding tert-OH is 1. The van der Waals surface area contributed by atoms with Gasteiger partial charge in [0, 0.05) is 5.56 Å². The maximum absolute atomic E-state index is 13.0. The van der Waals surface area contributed by atoms with Gasteiger partial charge in [-0.1, -0.05) is 12.8 Å². The largest absolute Gasteiger partial charge is 0.493 e. The van der Waals surface area contributed by atoms with Crippen LogP contribution in [0.2, 0.25) is 0 Å². The highest BCUT2D eigenvalue weighted by Crippen LogP contribution is 2.33. The third-order valence-electron chi connectivity index (χ3n) is 2.90. The molecule has 1 atom stereocenters. The molecule has 0 radical (unpaired) electrons. The third-order valence-corrected chi connectivity index (χ3v) is 2.90. The minimum absolute atomic E-state index is 0.342. The second-order valence-electron chi connectivity index (χ2n) is 4.44. The molecule has 16 heavy (non-hydrogen) atoms. The van der Waals surface area contributed by atoms with E-state index >= 15 is 0 Å². The molecule has 1 aromatic rings. The molecule has 0 spiro atoms. The van der Waals surface area contributed by atoms with Crippen molar-refractivity contribution in [2.45, 2.75) is 32.3 Å². The summed E-state index contributed by atoms with van der Waals surface area (Å²) in [6.07, 6.45) is 2.95. The Morgan fingerprint density at radius 2 is 2.25 bits per heavy atom. The van der Waals surface area contributed by atoms with Crippen LogP contribution in [-0.4, -0.2) is 11.7 Å². The summed E-state index contributed by atoms with van der Waals surface area (Å²) < 4.78 is 18.6. The molecule has 2 rings (SSSR count). The van der Waals surface area contributed by atoms with Crippen LogP contribution < -0.4 is 4.74 Å². The van der Waals surface area contributed by atoms with Crippen molar-refractivity contribution in [1.29, 1.82) is 0 Å². The normalized spacial score (nSPS) is 17.2. The molecule has 1 aromatic carbocycles. The van der Waals surface area contributed by atoms with Gasteiger partial charge in [0.25, 0.3) is 0 Å². The first kappa shape index (κ1) is 11.4. The van der Waals surface area contributed by atoms with Crippen molar-refractivity contribution in [3.63, 3.8) is 0 Å². The molecule has 0 aromatic heterocycles. The Balaban J connectivity index is 1.99. The van der Waals surface area contributed by atoms with Crippen LogP contribution in [0.4, 0.5) is 4.39 Å². The average Bonchev–Trinajstić information content (AvgIpc) is 3.04. The smallest absolute Gasteiger partial charge is 0.125 e. The predicted molar refractivity (Wildman–Crippen MR) is 59.9 cm³/mol. The lowest BCUT2D eigenvalue weighted by molar-refractivity contribution is 0.190. The van der Waals surface area contributed by atoms with Crippen LogP contribution in [0, 0.1) is 11.7 Å². The highest BCUT2D eigenvalue weighted by molar-refractivity contribution is 5.35. The molecule has 1 N–H and O–H groups in total. The molecule has 3 heteroatoms. The van der Waals surface area contributed by atoms with Crippen molar-refractivity contribution in [2.75, 3.05) is 6.61 Å². The van der Waals surface area contributed by atoms with E-state index in [1.165, 1.54) is 25.0 Å². The number of rotatable bonds is 5. The van der Waals surface area contributed by atoms with Gasteiger partial charge >= 0.3 is 0 Å². The standard InChI is InChI=1S/C13H17FO2/c1-9(15)12-8-11(14)4-5-13(12)16-7-6-10-2-3-10/h4-5,8-10,15H,2-3,6-7H2,1H3/t9-/m0/s1. The Morgan fingerprint density at radius 1 is 1.50 bits per heavy atom. The molecule has 0 heterocycles. The molecular formula is C13H17FO2. The molecule has 0 amide bonds. The van der Waals surface area contributed by atoms with E-state index in [0.29, 0.717) is 17.9 Å². The first-order chi connectivity index (χ1) is 7.66. The van der Waals surface area contributed by atoms with Gasteiger partial charge in [-0.05, 0) is 37.5 Å². The predicted octanol–water partition coefficient (Wildman–Crippen LogP) is 3.06. The first-order valence-corrected chi connectivity index (χ1v) is 5.77. The summed E-state index contributed by atoms with van der Waals surface area (Å²) in [7, 11) is 0. The van der Waals surface area contributed by atoms with E-state index in [1.54, 1.807) is 13.0 Å². The number of halogens is 1. The Labute approximate surface area is 95.1 Å². The molecule has 1 aliphatic rings. The fourth-order valence-electron chi connectivity index (χ4n) is 1.72. The van der Waals surface area contributed by atoms with Gasteiger partial charge in [0.1, 0.15) is 11.6 Å². The number of aliphatic hydroxyl groups is 1. The maximum Gasteiger partial charge on any atom is 0.125 e. The zero-order valence-electron chi connectivity index (χ0n) is 9.45. The van der Waals surface area contributed by atoms with Crippen molar-refractivity contribution in [1.82, 2.24) is 0 Å². The summed E-state index contributed by atoms with van der Waals surface area (Å²) in [4.78, 5) is 0. The Morgan fingerprint density at radius 3 is 2.88 bits per heavy atom. The molecule has 0 bridgehead atoms. The minimum atomic E-state index is -0.702. The lowest BCUT2D eigenvalue weighted by atomic mass is 10.1. The molecule has 1 fully saturated rings. The van der Waals surface area contributed by atoms with Crippen LogP contribution in [0.15, 0.2) is 18.2 Å². The lowest BCUT2D eigenvalue weighted by Gasteiger charge is -2.13. The van der Waals surface area contributed by atoms with Gasteiger partial charge in [-0.3, -0.25) is 0 Å². The molecule has 1 aliphatic carbocycles. The fourth-order valence-corrected chi connectivity index (χ4v) is 1.72. The zero-order chi connectivity index (χ0) is 11.5. The van der Waals surface area contributed by atoms with E-state index < -0.39 is 6.10 Å². The molecular weight excluding hydrogens is 207 g/mol. The van der Waals surface area contributed by atoms with Gasteiger partial charge < -0.3 is 9.84 Å². The van der Waals surface area contributed by atoms with Crippen LogP contribution in [0.5, 0.6) is 5.75 Å². The monoisotopic (exact) mass is 224 g/mol. The van der Waals surface area contributed by atoms with Gasteiger partial charge in [-0.25, -0.2) is 4.39 Å². The molecule has 2 nitrogen and oxygen atoms in total. The van der Waals surface area contributed by atoms with E-state index in [2.05, 4.69) is 0 Å². The van der Waals surface area contributed by atoms with Crippen molar-refractivity contribution < 1.29 is 14.2 Å². The van der Waals surface area contributed by atoms with Crippen LogP contribution in [0.1, 0.15) is 37.9 Å².